The summed E-state index contributed by atoms with van der Waals surface area (Å²) in [6, 6.07) is 2.16. The van der Waals surface area contributed by atoms with E-state index in [9.17, 15) is 26.7 Å². The summed E-state index contributed by atoms with van der Waals surface area (Å²) in [5.74, 6) is -0.254. The van der Waals surface area contributed by atoms with Gasteiger partial charge in [0.15, 0.2) is 0 Å². The van der Waals surface area contributed by atoms with Crippen LogP contribution in [-0.4, -0.2) is 19.4 Å². The largest absolute Gasteiger partial charge is 0.485 e. The number of hydrogen-bond acceptors (Lipinski definition) is 2. The molecular weight excluding hydrogens is 261 g/mol. The summed E-state index contributed by atoms with van der Waals surface area (Å²) >= 11 is 0. The van der Waals surface area contributed by atoms with Gasteiger partial charge in [-0.05, 0) is 18.2 Å². The maximum absolute atomic E-state index is 12.4. The summed E-state index contributed by atoms with van der Waals surface area (Å²) < 4.78 is 65.5. The van der Waals surface area contributed by atoms with Crippen molar-refractivity contribution in [1.29, 1.82) is 0 Å². The molecule has 18 heavy (non-hydrogen) atoms. The van der Waals surface area contributed by atoms with E-state index >= 15 is 0 Å². The van der Waals surface area contributed by atoms with Crippen LogP contribution in [0.1, 0.15) is 5.56 Å². The number of carbonyl (C=O) groups is 1. The van der Waals surface area contributed by atoms with E-state index in [4.69, 9.17) is 0 Å². The maximum atomic E-state index is 12.4. The lowest BCUT2D eigenvalue weighted by molar-refractivity contribution is -0.137. The first-order valence-electron chi connectivity index (χ1n) is 4.67. The highest BCUT2D eigenvalue weighted by Gasteiger charge is 2.31. The van der Waals surface area contributed by atoms with Gasteiger partial charge >= 0.3 is 6.18 Å². The van der Waals surface area contributed by atoms with Crippen molar-refractivity contribution in [1.82, 2.24) is 0 Å². The zero-order chi connectivity index (χ0) is 13.8. The van der Waals surface area contributed by atoms with E-state index in [1.165, 1.54) is 0 Å². The van der Waals surface area contributed by atoms with E-state index < -0.39 is 24.8 Å². The normalized spacial score (nSPS) is 11.4. The predicted octanol–water partition coefficient (Wildman–Crippen LogP) is 2.92. The Kier molecular flexibility index (Phi) is 4.46. The molecule has 3 nitrogen and oxygen atoms in total. The number of hydrogen-bond donors (Lipinski definition) is 1. The van der Waals surface area contributed by atoms with Crippen LogP contribution < -0.4 is 10.1 Å². The molecule has 0 aliphatic heterocycles. The van der Waals surface area contributed by atoms with Gasteiger partial charge in [0.2, 0.25) is 6.41 Å². The molecule has 8 heteroatoms. The lowest BCUT2D eigenvalue weighted by Gasteiger charge is -2.13. The molecule has 0 atom stereocenters. The van der Waals surface area contributed by atoms with Gasteiger partial charge in [-0.3, -0.25) is 4.79 Å². The Morgan fingerprint density at radius 1 is 1.33 bits per heavy atom. The van der Waals surface area contributed by atoms with Crippen LogP contribution in [0, 0.1) is 0 Å². The van der Waals surface area contributed by atoms with Gasteiger partial charge in [-0.1, -0.05) is 0 Å². The zero-order valence-electron chi connectivity index (χ0n) is 8.80. The third-order valence-electron chi connectivity index (χ3n) is 1.89. The SMILES string of the molecule is O=CNc1cc(C(F)(F)F)ccc1OCC(F)F. The lowest BCUT2D eigenvalue weighted by Crippen LogP contribution is -2.11. The van der Waals surface area contributed by atoms with Crippen LogP contribution >= 0.6 is 0 Å². The van der Waals surface area contributed by atoms with Gasteiger partial charge < -0.3 is 10.1 Å². The van der Waals surface area contributed by atoms with E-state index in [1.54, 1.807) is 0 Å². The lowest BCUT2D eigenvalue weighted by atomic mass is 10.2. The highest BCUT2D eigenvalue weighted by Crippen LogP contribution is 2.34. The Hall–Kier alpha value is -1.86. The number of halogens is 5. The average Bonchev–Trinajstić information content (AvgIpc) is 2.26. The molecule has 0 radical (unpaired) electrons. The molecule has 0 heterocycles. The van der Waals surface area contributed by atoms with Crippen LogP contribution in [0.4, 0.5) is 27.6 Å². The van der Waals surface area contributed by atoms with Crippen molar-refractivity contribution in [2.75, 3.05) is 11.9 Å². The molecule has 1 aromatic rings. The Balaban J connectivity index is 3.00. The maximum Gasteiger partial charge on any atom is 0.416 e. The molecule has 0 aliphatic rings. The molecule has 100 valence electrons. The molecule has 0 spiro atoms. The topological polar surface area (TPSA) is 38.3 Å². The van der Waals surface area contributed by atoms with Gasteiger partial charge in [-0.25, -0.2) is 8.78 Å². The molecule has 0 aromatic heterocycles. The quantitative estimate of drug-likeness (QED) is 0.659. The van der Waals surface area contributed by atoms with Crippen molar-refractivity contribution < 1.29 is 31.5 Å². The molecule has 0 bridgehead atoms. The number of ether oxygens (including phenoxy) is 1. The van der Waals surface area contributed by atoms with E-state index in [1.807, 2.05) is 5.32 Å². The fourth-order valence-electron chi connectivity index (χ4n) is 1.16. The van der Waals surface area contributed by atoms with Crippen molar-refractivity contribution >= 4 is 12.1 Å². The first kappa shape index (κ1) is 14.2. The van der Waals surface area contributed by atoms with Crippen LogP contribution in [0.5, 0.6) is 5.75 Å². The Morgan fingerprint density at radius 2 is 2.00 bits per heavy atom. The molecule has 1 aromatic carbocycles. The van der Waals surface area contributed by atoms with Gasteiger partial charge in [0, 0.05) is 0 Å². The number of alkyl halides is 5. The summed E-state index contributed by atoms with van der Waals surface area (Å²) in [5, 5.41) is 1.96. The number of rotatable bonds is 5. The van der Waals surface area contributed by atoms with Crippen molar-refractivity contribution in [2.45, 2.75) is 12.6 Å². The monoisotopic (exact) mass is 269 g/mol. The molecule has 1 amide bonds. The van der Waals surface area contributed by atoms with Gasteiger partial charge in [-0.15, -0.1) is 0 Å². The molecule has 1 N–H and O–H groups in total. The van der Waals surface area contributed by atoms with Gasteiger partial charge in [-0.2, -0.15) is 13.2 Å². The zero-order valence-corrected chi connectivity index (χ0v) is 8.80. The Bertz CT molecular complexity index is 419. The summed E-state index contributed by atoms with van der Waals surface area (Å²) in [6.07, 6.45) is -7.23. The summed E-state index contributed by atoms with van der Waals surface area (Å²) in [5.41, 5.74) is -1.34. The van der Waals surface area contributed by atoms with E-state index in [0.29, 0.717) is 12.1 Å². The van der Waals surface area contributed by atoms with Crippen LogP contribution in [0.2, 0.25) is 0 Å². The second kappa shape index (κ2) is 5.65. The molecule has 0 saturated heterocycles. The van der Waals surface area contributed by atoms with Crippen molar-refractivity contribution in [3.05, 3.63) is 23.8 Å². The van der Waals surface area contributed by atoms with Gasteiger partial charge in [0.1, 0.15) is 12.4 Å². The molecule has 1 rings (SSSR count). The van der Waals surface area contributed by atoms with Crippen LogP contribution in [-0.2, 0) is 11.0 Å². The van der Waals surface area contributed by atoms with Gasteiger partial charge in [0.05, 0.1) is 11.3 Å². The molecular formula is C10H8F5NO2. The fourth-order valence-corrected chi connectivity index (χ4v) is 1.16. The smallest absolute Gasteiger partial charge is 0.416 e. The number of benzene rings is 1. The minimum Gasteiger partial charge on any atom is -0.485 e. The summed E-state index contributed by atoms with van der Waals surface area (Å²) in [6.45, 7) is -0.973. The minimum atomic E-state index is -4.60. The molecule has 0 unspecified atom stereocenters. The Labute approximate surface area is 98.5 Å². The third kappa shape index (κ3) is 3.86. The highest BCUT2D eigenvalue weighted by molar-refractivity contribution is 5.75. The number of amides is 1. The highest BCUT2D eigenvalue weighted by atomic mass is 19.4. The van der Waals surface area contributed by atoms with Crippen LogP contribution in [0.25, 0.3) is 0 Å². The van der Waals surface area contributed by atoms with Crippen LogP contribution in [0.3, 0.4) is 0 Å². The van der Waals surface area contributed by atoms with E-state index in [0.717, 1.165) is 6.07 Å². The van der Waals surface area contributed by atoms with Crippen molar-refractivity contribution in [3.63, 3.8) is 0 Å². The standard InChI is InChI=1S/C10H8F5NO2/c11-9(12)4-18-8-2-1-6(10(13,14)15)3-7(8)16-5-17/h1-3,5,9H,4H2,(H,16,17). The van der Waals surface area contributed by atoms with Crippen molar-refractivity contribution in [3.8, 4) is 5.75 Å². The molecule has 0 fully saturated rings. The second-order valence-corrected chi connectivity index (χ2v) is 3.17. The first-order chi connectivity index (χ1) is 8.34. The van der Waals surface area contributed by atoms with E-state index in [-0.39, 0.29) is 17.8 Å². The van der Waals surface area contributed by atoms with E-state index in [2.05, 4.69) is 4.74 Å². The molecule has 0 saturated carbocycles. The van der Waals surface area contributed by atoms with Gasteiger partial charge in [0.25, 0.3) is 6.43 Å². The van der Waals surface area contributed by atoms with Crippen LogP contribution in [0.15, 0.2) is 18.2 Å². The summed E-state index contributed by atoms with van der Waals surface area (Å²) in [7, 11) is 0. The predicted molar refractivity (Wildman–Crippen MR) is 52.6 cm³/mol. The first-order valence-corrected chi connectivity index (χ1v) is 4.67. The minimum absolute atomic E-state index is 0.130. The number of anilines is 1. The molecule has 0 aliphatic carbocycles. The Morgan fingerprint density at radius 3 is 2.50 bits per heavy atom. The fraction of sp³-hybridized carbons (Fsp3) is 0.300. The summed E-state index contributed by atoms with van der Waals surface area (Å²) in [4.78, 5) is 10.2. The average molecular weight is 269 g/mol. The third-order valence-corrected chi connectivity index (χ3v) is 1.89. The second-order valence-electron chi connectivity index (χ2n) is 3.17. The number of carbonyl (C=O) groups excluding carboxylic acids is 1. The number of nitrogens with one attached hydrogen (secondary N) is 1. The van der Waals surface area contributed by atoms with Crippen molar-refractivity contribution in [2.24, 2.45) is 0 Å².